The Balaban J connectivity index is 0.000000196. The van der Waals surface area contributed by atoms with Gasteiger partial charge in [0, 0.05) is 49.1 Å². The maximum absolute atomic E-state index is 12.7. The normalized spacial score (nSPS) is 15.8. The molecule has 2 amide bonds. The molecule has 0 spiro atoms. The molecule has 2 aliphatic rings. The van der Waals surface area contributed by atoms with E-state index in [2.05, 4.69) is 9.97 Å². The van der Waals surface area contributed by atoms with Crippen molar-refractivity contribution >= 4 is 35.6 Å². The van der Waals surface area contributed by atoms with Gasteiger partial charge in [-0.3, -0.25) is 4.79 Å². The van der Waals surface area contributed by atoms with Crippen LogP contribution in [-0.4, -0.2) is 85.2 Å². The van der Waals surface area contributed by atoms with E-state index in [1.54, 1.807) is 58.3 Å². The van der Waals surface area contributed by atoms with E-state index in [4.69, 9.17) is 20.9 Å². The van der Waals surface area contributed by atoms with Crippen molar-refractivity contribution in [3.8, 4) is 34.0 Å². The summed E-state index contributed by atoms with van der Waals surface area (Å²) in [5, 5.41) is 30.3. The molecule has 2 saturated heterocycles. The molecule has 8 rings (SSSR count). The number of anilines is 2. The second kappa shape index (κ2) is 21.2. The van der Waals surface area contributed by atoms with Crippen LogP contribution in [0.25, 0.3) is 22.5 Å². The molecule has 66 heavy (non-hydrogen) atoms. The summed E-state index contributed by atoms with van der Waals surface area (Å²) >= 11 is 0. The predicted octanol–water partition coefficient (Wildman–Crippen LogP) is 9.01. The van der Waals surface area contributed by atoms with Gasteiger partial charge in [-0.25, -0.2) is 24.4 Å². The zero-order valence-corrected chi connectivity index (χ0v) is 36.5. The van der Waals surface area contributed by atoms with Gasteiger partial charge in [-0.15, -0.1) is 0 Å². The number of hydrogen-bond donors (Lipinski definition) is 5. The fraction of sp³-hybridized carbons (Fsp3) is 0.255. The van der Waals surface area contributed by atoms with Crippen LogP contribution in [0.1, 0.15) is 87.4 Å². The minimum absolute atomic E-state index is 0.0215. The lowest BCUT2D eigenvalue weighted by atomic mass is 9.86. The molecule has 2 fully saturated rings. The number of likely N-dealkylation sites (tertiary alicyclic amines) is 2. The van der Waals surface area contributed by atoms with Gasteiger partial charge in [0.25, 0.3) is 0 Å². The number of rotatable bonds is 10. The lowest BCUT2D eigenvalue weighted by Crippen LogP contribution is -2.39. The molecular weight excluding hydrogens is 841 g/mol. The highest BCUT2D eigenvalue weighted by molar-refractivity contribution is 6.00. The minimum Gasteiger partial charge on any atom is -0.507 e. The van der Waals surface area contributed by atoms with Gasteiger partial charge in [0.05, 0.1) is 17.0 Å². The SMILES string of the molecule is CC(=O)c1c(C2CCCN(C(=O)OCc3ccccc3)C2)cc(-c2ccccc2O)nc1N.Nc1nc(-c2ccccc2O)cc(C2CCCN(C(=O)OCc3ccccc3)C2)c1C(=O)O. The van der Waals surface area contributed by atoms with Crippen LogP contribution in [0.5, 0.6) is 11.5 Å². The van der Waals surface area contributed by atoms with Gasteiger partial charge in [0.15, 0.2) is 5.78 Å². The maximum Gasteiger partial charge on any atom is 0.410 e. The number of pyridine rings is 2. The zero-order valence-electron chi connectivity index (χ0n) is 36.5. The topological polar surface area (TPSA) is 232 Å². The number of carbonyl (C=O) groups excluding carboxylic acids is 3. The molecule has 2 aromatic heterocycles. The van der Waals surface area contributed by atoms with E-state index in [-0.39, 0.29) is 65.6 Å². The van der Waals surface area contributed by atoms with Crippen molar-refractivity contribution in [1.82, 2.24) is 19.8 Å². The van der Waals surface area contributed by atoms with E-state index in [1.165, 1.54) is 13.0 Å². The molecule has 0 radical (unpaired) electrons. The van der Waals surface area contributed by atoms with E-state index in [1.807, 2.05) is 66.7 Å². The number of para-hydroxylation sites is 2. The number of aromatic carboxylic acids is 1. The van der Waals surface area contributed by atoms with Gasteiger partial charge < -0.3 is 46.1 Å². The smallest absolute Gasteiger partial charge is 0.410 e. The Hall–Kier alpha value is -7.94. The Labute approximate surface area is 382 Å². The van der Waals surface area contributed by atoms with Crippen LogP contribution in [0.15, 0.2) is 121 Å². The molecular formula is C51H52N6O9. The summed E-state index contributed by atoms with van der Waals surface area (Å²) < 4.78 is 11.0. The molecule has 7 N–H and O–H groups in total. The highest BCUT2D eigenvalue weighted by Crippen LogP contribution is 2.38. The molecule has 15 heteroatoms. The first-order chi connectivity index (χ1) is 31.9. The predicted molar refractivity (Wildman–Crippen MR) is 249 cm³/mol. The lowest BCUT2D eigenvalue weighted by Gasteiger charge is -2.33. The van der Waals surface area contributed by atoms with E-state index >= 15 is 0 Å². The summed E-state index contributed by atoms with van der Waals surface area (Å²) in [5.41, 5.74) is 17.5. The number of carbonyl (C=O) groups is 4. The van der Waals surface area contributed by atoms with Crippen molar-refractivity contribution in [2.24, 2.45) is 0 Å². The van der Waals surface area contributed by atoms with Gasteiger partial charge in [0.1, 0.15) is 41.9 Å². The average molecular weight is 893 g/mol. The van der Waals surface area contributed by atoms with E-state index < -0.39 is 12.1 Å². The van der Waals surface area contributed by atoms with Crippen molar-refractivity contribution < 1.29 is 44.0 Å². The third kappa shape index (κ3) is 11.0. The molecule has 15 nitrogen and oxygen atoms in total. The van der Waals surface area contributed by atoms with Crippen molar-refractivity contribution in [2.75, 3.05) is 37.6 Å². The van der Waals surface area contributed by atoms with Crippen LogP contribution in [0.2, 0.25) is 0 Å². The van der Waals surface area contributed by atoms with Gasteiger partial charge in [-0.2, -0.15) is 0 Å². The second-order valence-electron chi connectivity index (χ2n) is 16.3. The van der Waals surface area contributed by atoms with Crippen LogP contribution < -0.4 is 11.5 Å². The number of ether oxygens (including phenoxy) is 2. The van der Waals surface area contributed by atoms with Gasteiger partial charge >= 0.3 is 18.2 Å². The molecule has 2 aliphatic heterocycles. The molecule has 0 aliphatic carbocycles. The molecule has 4 aromatic carbocycles. The molecule has 0 bridgehead atoms. The summed E-state index contributed by atoms with van der Waals surface area (Å²) in [6.45, 7) is 3.67. The number of phenols is 2. The zero-order chi connectivity index (χ0) is 46.7. The largest absolute Gasteiger partial charge is 0.507 e. The molecule has 2 unspecified atom stereocenters. The Bertz CT molecular complexity index is 2510. The molecule has 340 valence electrons. The summed E-state index contributed by atoms with van der Waals surface area (Å²) in [6, 6.07) is 35.9. The number of nitrogens with two attached hydrogens (primary N) is 2. The summed E-state index contributed by atoms with van der Waals surface area (Å²) in [6.07, 6.45) is 2.13. The number of aromatic nitrogens is 2. The van der Waals surface area contributed by atoms with E-state index in [0.29, 0.717) is 72.7 Å². The van der Waals surface area contributed by atoms with Gasteiger partial charge in [-0.05, 0) is 91.3 Å². The van der Waals surface area contributed by atoms with Crippen LogP contribution in [0, 0.1) is 0 Å². The fourth-order valence-electron chi connectivity index (χ4n) is 8.50. The highest BCUT2D eigenvalue weighted by atomic mass is 16.6. The van der Waals surface area contributed by atoms with Crippen molar-refractivity contribution in [3.63, 3.8) is 0 Å². The van der Waals surface area contributed by atoms with E-state index in [0.717, 1.165) is 29.5 Å². The standard InChI is InChI=1S/C26H27N3O4.C25H25N3O5/c1-17(30)24-21(14-22(28-25(24)27)20-11-5-6-12-23(20)31)19-10-7-13-29(15-19)26(32)33-16-18-8-3-2-4-9-18;26-23-22(24(30)31)19(13-20(27-23)18-10-4-5-11-21(18)29)17-9-6-12-28(14-17)25(32)33-15-16-7-2-1-3-8-16/h2-6,8-9,11-12,14,19,31H,7,10,13,15-16H2,1H3,(H2,27,28);1-5,7-8,10-11,13,17,29H,6,9,12,14-15H2,(H2,26,27)(H,30,31). The first-order valence-corrected chi connectivity index (χ1v) is 21.7. The fourth-order valence-corrected chi connectivity index (χ4v) is 8.50. The number of nitrogens with zero attached hydrogens (tertiary/aromatic N) is 4. The molecule has 2 atom stereocenters. The second-order valence-corrected chi connectivity index (χ2v) is 16.3. The first kappa shape index (κ1) is 46.1. The third-order valence-electron chi connectivity index (χ3n) is 11.7. The van der Waals surface area contributed by atoms with Crippen molar-refractivity contribution in [2.45, 2.75) is 57.7 Å². The Morgan fingerprint density at radius 1 is 0.606 bits per heavy atom. The Morgan fingerprint density at radius 3 is 1.41 bits per heavy atom. The Kier molecular flexibility index (Phi) is 14.8. The van der Waals surface area contributed by atoms with Crippen LogP contribution in [0.4, 0.5) is 21.2 Å². The minimum atomic E-state index is -1.18. The number of ketones is 1. The van der Waals surface area contributed by atoms with E-state index in [9.17, 15) is 34.5 Å². The number of hydrogen-bond acceptors (Lipinski definition) is 12. The monoisotopic (exact) mass is 892 g/mol. The van der Waals surface area contributed by atoms with Crippen LogP contribution in [-0.2, 0) is 22.7 Å². The summed E-state index contributed by atoms with van der Waals surface area (Å²) in [7, 11) is 0. The number of phenolic OH excluding ortho intramolecular Hbond substituents is 2. The Morgan fingerprint density at radius 2 is 1.00 bits per heavy atom. The average Bonchev–Trinajstić information content (AvgIpc) is 3.33. The number of carboxylic acid groups (broad SMARTS) is 1. The molecule has 6 aromatic rings. The molecule has 0 saturated carbocycles. The first-order valence-electron chi connectivity index (χ1n) is 21.7. The highest BCUT2D eigenvalue weighted by Gasteiger charge is 2.32. The quantitative estimate of drug-likeness (QED) is 0.0809. The number of aromatic hydroxyl groups is 2. The maximum atomic E-state index is 12.7. The van der Waals surface area contributed by atoms with Crippen LogP contribution >= 0.6 is 0 Å². The number of piperidine rings is 2. The van der Waals surface area contributed by atoms with Gasteiger partial charge in [-0.1, -0.05) is 84.9 Å². The molecule has 4 heterocycles. The summed E-state index contributed by atoms with van der Waals surface area (Å²) in [4.78, 5) is 61.8. The number of benzene rings is 4. The van der Waals surface area contributed by atoms with Gasteiger partial charge in [0.2, 0.25) is 0 Å². The number of nitrogen functional groups attached to an aromatic ring is 2. The van der Waals surface area contributed by atoms with Crippen molar-refractivity contribution in [3.05, 3.63) is 155 Å². The number of Topliss-reactive ketones (excluding diaryl/α,β-unsaturated/α-hetero) is 1. The number of amides is 2. The number of carboxylic acids is 1. The van der Waals surface area contributed by atoms with Crippen LogP contribution in [0.3, 0.4) is 0 Å². The summed E-state index contributed by atoms with van der Waals surface area (Å²) in [5.74, 6) is -1.61. The van der Waals surface area contributed by atoms with Crippen molar-refractivity contribution in [1.29, 1.82) is 0 Å². The lowest BCUT2D eigenvalue weighted by molar-refractivity contribution is 0.0693. The third-order valence-corrected chi connectivity index (χ3v) is 11.7.